The molecule has 3 aromatic carbocycles. The van der Waals surface area contributed by atoms with Gasteiger partial charge in [-0.05, 0) is 57.9 Å². The number of rotatable bonds is 5. The fourth-order valence-corrected chi connectivity index (χ4v) is 4.05. The van der Waals surface area contributed by atoms with Gasteiger partial charge in [-0.1, -0.05) is 74.5 Å². The van der Waals surface area contributed by atoms with Gasteiger partial charge in [-0.3, -0.25) is 4.79 Å². The highest BCUT2D eigenvalue weighted by molar-refractivity contribution is 5.99. The second-order valence-corrected chi connectivity index (χ2v) is 8.43. The zero-order valence-corrected chi connectivity index (χ0v) is 17.2. The molecule has 0 bridgehead atoms. The predicted octanol–water partition coefficient (Wildman–Crippen LogP) is 5.92. The van der Waals surface area contributed by atoms with Crippen molar-refractivity contribution in [3.05, 3.63) is 112 Å². The Morgan fingerprint density at radius 3 is 2.23 bits per heavy atom. The number of aromatic carboxylic acids is 1. The molecule has 30 heavy (non-hydrogen) atoms. The molecule has 1 aliphatic rings. The maximum atomic E-state index is 13.0. The number of allylic oxidation sites excluding steroid dienone is 1. The normalized spacial score (nSPS) is 14.5. The molecular formula is C27H24O3. The summed E-state index contributed by atoms with van der Waals surface area (Å²) >= 11 is 0. The van der Waals surface area contributed by atoms with Gasteiger partial charge in [0.2, 0.25) is 0 Å². The third-order valence-electron chi connectivity index (χ3n) is 5.83. The number of Topliss-reactive ketones (excluding diaryl/α,β-unsaturated/α-hetero) is 1. The second kappa shape index (κ2) is 7.75. The lowest BCUT2D eigenvalue weighted by Crippen LogP contribution is -2.22. The Balaban J connectivity index is 1.67. The smallest absolute Gasteiger partial charge is 0.335 e. The molecule has 0 amide bonds. The van der Waals surface area contributed by atoms with Crippen LogP contribution in [-0.4, -0.2) is 16.9 Å². The number of carboxylic acids is 1. The van der Waals surface area contributed by atoms with Crippen molar-refractivity contribution in [2.45, 2.75) is 32.1 Å². The van der Waals surface area contributed by atoms with Crippen molar-refractivity contribution < 1.29 is 14.7 Å². The largest absolute Gasteiger partial charge is 0.478 e. The van der Waals surface area contributed by atoms with Gasteiger partial charge in [0, 0.05) is 12.0 Å². The van der Waals surface area contributed by atoms with Crippen LogP contribution in [0.3, 0.4) is 0 Å². The topological polar surface area (TPSA) is 54.4 Å². The lowest BCUT2D eigenvalue weighted by atomic mass is 9.71. The molecule has 0 atom stereocenters. The molecule has 3 nitrogen and oxygen atoms in total. The molecule has 0 aliphatic heterocycles. The number of hydrogen-bond donors (Lipinski definition) is 1. The summed E-state index contributed by atoms with van der Waals surface area (Å²) in [5, 5.41) is 9.04. The van der Waals surface area contributed by atoms with Gasteiger partial charge in [0.05, 0.1) is 5.56 Å². The number of carbonyl (C=O) groups is 2. The van der Waals surface area contributed by atoms with E-state index in [2.05, 4.69) is 38.1 Å². The second-order valence-electron chi connectivity index (χ2n) is 8.43. The molecule has 3 heteroatoms. The Morgan fingerprint density at radius 2 is 1.57 bits per heavy atom. The molecule has 0 fully saturated rings. The minimum Gasteiger partial charge on any atom is -0.478 e. The van der Waals surface area contributed by atoms with E-state index in [1.165, 1.54) is 23.3 Å². The fourth-order valence-electron chi connectivity index (χ4n) is 4.05. The molecular weight excluding hydrogens is 372 g/mol. The molecule has 0 radical (unpaired) electrons. The molecule has 1 aliphatic carbocycles. The van der Waals surface area contributed by atoms with Crippen LogP contribution >= 0.6 is 0 Å². The third kappa shape index (κ3) is 3.84. The molecule has 0 heterocycles. The first-order valence-corrected chi connectivity index (χ1v) is 10.1. The summed E-state index contributed by atoms with van der Waals surface area (Å²) in [6, 6.07) is 22.8. The molecule has 0 saturated heterocycles. The van der Waals surface area contributed by atoms with Crippen LogP contribution < -0.4 is 0 Å². The van der Waals surface area contributed by atoms with Crippen LogP contribution in [0, 0.1) is 0 Å². The number of benzene rings is 3. The molecule has 150 valence electrons. The summed E-state index contributed by atoms with van der Waals surface area (Å²) in [5.41, 5.74) is 6.42. The van der Waals surface area contributed by atoms with Crippen molar-refractivity contribution >= 4 is 17.3 Å². The average Bonchev–Trinajstić information content (AvgIpc) is 2.74. The highest BCUT2D eigenvalue weighted by atomic mass is 16.4. The number of carbonyl (C=O) groups excluding carboxylic acids is 1. The van der Waals surface area contributed by atoms with E-state index in [4.69, 9.17) is 5.11 Å². The van der Waals surface area contributed by atoms with Gasteiger partial charge in [0.25, 0.3) is 0 Å². The van der Waals surface area contributed by atoms with Gasteiger partial charge in [0.1, 0.15) is 0 Å². The quantitative estimate of drug-likeness (QED) is 0.544. The van der Waals surface area contributed by atoms with E-state index in [0.29, 0.717) is 5.56 Å². The summed E-state index contributed by atoms with van der Waals surface area (Å²) in [5.74, 6) is -0.943. The van der Waals surface area contributed by atoms with Gasteiger partial charge in [0.15, 0.2) is 5.78 Å². The average molecular weight is 396 g/mol. The van der Waals surface area contributed by atoms with Crippen LogP contribution in [0.4, 0.5) is 0 Å². The molecule has 1 N–H and O–H groups in total. The lowest BCUT2D eigenvalue weighted by molar-refractivity contribution is 0.0696. The monoisotopic (exact) mass is 396 g/mol. The number of carboxylic acid groups (broad SMARTS) is 1. The van der Waals surface area contributed by atoms with Crippen molar-refractivity contribution in [2.75, 3.05) is 0 Å². The Labute approximate surface area is 176 Å². The molecule has 0 saturated carbocycles. The maximum absolute atomic E-state index is 13.0. The van der Waals surface area contributed by atoms with E-state index in [0.717, 1.165) is 23.1 Å². The van der Waals surface area contributed by atoms with Gasteiger partial charge < -0.3 is 5.11 Å². The fraction of sp³-hybridized carbons (Fsp3) is 0.185. The van der Waals surface area contributed by atoms with Gasteiger partial charge >= 0.3 is 5.97 Å². The van der Waals surface area contributed by atoms with Crippen LogP contribution in [0.2, 0.25) is 0 Å². The van der Waals surface area contributed by atoms with Crippen LogP contribution in [0.5, 0.6) is 0 Å². The first kappa shape index (κ1) is 19.8. The first-order chi connectivity index (χ1) is 14.3. The van der Waals surface area contributed by atoms with Gasteiger partial charge in [-0.25, -0.2) is 4.79 Å². The zero-order valence-electron chi connectivity index (χ0n) is 17.2. The highest BCUT2D eigenvalue weighted by Gasteiger charge is 2.29. The summed E-state index contributed by atoms with van der Waals surface area (Å²) in [6.45, 7) is 4.46. The number of fused-ring (bicyclic) bond motifs is 1. The Bertz CT molecular complexity index is 1140. The minimum atomic E-state index is -0.967. The van der Waals surface area contributed by atoms with Crippen LogP contribution in [0.1, 0.15) is 63.2 Å². The Hall–Kier alpha value is -3.46. The third-order valence-corrected chi connectivity index (χ3v) is 5.83. The maximum Gasteiger partial charge on any atom is 0.335 e. The van der Waals surface area contributed by atoms with Crippen LogP contribution in [-0.2, 0) is 11.8 Å². The lowest BCUT2D eigenvalue weighted by Gasteiger charge is -2.32. The SMILES string of the molecule is CC1(C)CC=C(c2ccccc2)c2cc(C(=O)Cc3ccc(C(=O)O)cc3)ccc21. The van der Waals surface area contributed by atoms with Crippen molar-refractivity contribution in [3.8, 4) is 0 Å². The summed E-state index contributed by atoms with van der Waals surface area (Å²) in [4.78, 5) is 24.0. The summed E-state index contributed by atoms with van der Waals surface area (Å²) < 4.78 is 0. The molecule has 0 aromatic heterocycles. The predicted molar refractivity (Wildman–Crippen MR) is 119 cm³/mol. The highest BCUT2D eigenvalue weighted by Crippen LogP contribution is 2.41. The van der Waals surface area contributed by atoms with Crippen LogP contribution in [0.15, 0.2) is 78.9 Å². The van der Waals surface area contributed by atoms with E-state index >= 15 is 0 Å². The first-order valence-electron chi connectivity index (χ1n) is 10.1. The number of ketones is 1. The Kier molecular flexibility index (Phi) is 5.13. The zero-order chi connectivity index (χ0) is 21.3. The van der Waals surface area contributed by atoms with Crippen LogP contribution in [0.25, 0.3) is 5.57 Å². The van der Waals surface area contributed by atoms with Crippen molar-refractivity contribution in [2.24, 2.45) is 0 Å². The van der Waals surface area contributed by atoms with E-state index in [1.54, 1.807) is 12.1 Å². The van der Waals surface area contributed by atoms with Crippen molar-refractivity contribution in [3.63, 3.8) is 0 Å². The minimum absolute atomic E-state index is 0.0157. The molecule has 0 spiro atoms. The van der Waals surface area contributed by atoms with E-state index in [9.17, 15) is 9.59 Å². The van der Waals surface area contributed by atoms with E-state index in [1.807, 2.05) is 30.3 Å². The standard InChI is InChI=1S/C27H24O3/c1-27(2)15-14-22(19-6-4-3-5-7-19)23-17-21(12-13-24(23)27)25(28)16-18-8-10-20(11-9-18)26(29)30/h3-14,17H,15-16H2,1-2H3,(H,29,30). The molecule has 4 rings (SSSR count). The van der Waals surface area contributed by atoms with Crippen molar-refractivity contribution in [1.29, 1.82) is 0 Å². The van der Waals surface area contributed by atoms with Gasteiger partial charge in [-0.2, -0.15) is 0 Å². The van der Waals surface area contributed by atoms with Gasteiger partial charge in [-0.15, -0.1) is 0 Å². The number of hydrogen-bond acceptors (Lipinski definition) is 2. The molecule has 3 aromatic rings. The molecule has 0 unspecified atom stereocenters. The van der Waals surface area contributed by atoms with E-state index in [-0.39, 0.29) is 23.2 Å². The Morgan fingerprint density at radius 1 is 0.900 bits per heavy atom. The van der Waals surface area contributed by atoms with Crippen molar-refractivity contribution in [1.82, 2.24) is 0 Å². The summed E-state index contributed by atoms with van der Waals surface area (Å²) in [6.07, 6.45) is 3.47. The summed E-state index contributed by atoms with van der Waals surface area (Å²) in [7, 11) is 0. The van der Waals surface area contributed by atoms with E-state index < -0.39 is 5.97 Å².